The highest BCUT2D eigenvalue weighted by molar-refractivity contribution is 9.10. The normalized spacial score (nSPS) is 28.7. The average molecular weight is 426 g/mol. The topological polar surface area (TPSA) is 78.5 Å². The number of carbonyl (C=O) groups excluding carboxylic acids is 3. The van der Waals surface area contributed by atoms with Crippen LogP contribution in [-0.2, 0) is 19.9 Å². The molecule has 3 aliphatic heterocycles. The lowest BCUT2D eigenvalue weighted by atomic mass is 9.77. The van der Waals surface area contributed by atoms with Crippen LogP contribution in [0.4, 0.5) is 11.4 Å². The second-order valence-electron chi connectivity index (χ2n) is 7.26. The number of hydrogen-bond donors (Lipinski definition) is 2. The molecule has 0 radical (unpaired) electrons. The van der Waals surface area contributed by atoms with Crippen molar-refractivity contribution < 1.29 is 14.4 Å². The standard InChI is InChI=1S/C20H16BrN3O3/c1-10-2-5-12(6-3-10)24-17(25)13-9-22-20(16(13)18(24)26)14-8-11(21)4-7-15(14)23-19(20)27/h2-8,13,16,22H,9H2,1H3,(H,23,27)/t13-,16-,20+/m1/s1. The van der Waals surface area contributed by atoms with Crippen molar-refractivity contribution in [2.45, 2.75) is 12.5 Å². The van der Waals surface area contributed by atoms with Gasteiger partial charge in [-0.3, -0.25) is 19.7 Å². The molecule has 5 rings (SSSR count). The third kappa shape index (κ3) is 2.06. The van der Waals surface area contributed by atoms with Crippen molar-refractivity contribution in [1.29, 1.82) is 0 Å². The SMILES string of the molecule is Cc1ccc(N2C(=O)[C@@H]3CN[C@]4(C(=O)Nc5ccc(Br)cc54)[C@H]3C2=O)cc1. The van der Waals surface area contributed by atoms with Crippen LogP contribution in [-0.4, -0.2) is 24.3 Å². The predicted molar refractivity (Wildman–Crippen MR) is 103 cm³/mol. The first-order chi connectivity index (χ1) is 12.9. The Morgan fingerprint density at radius 3 is 2.56 bits per heavy atom. The summed E-state index contributed by atoms with van der Waals surface area (Å²) in [6, 6.07) is 12.8. The monoisotopic (exact) mass is 425 g/mol. The number of aryl methyl sites for hydroxylation is 1. The van der Waals surface area contributed by atoms with E-state index in [0.29, 0.717) is 16.9 Å². The van der Waals surface area contributed by atoms with Crippen LogP contribution in [0.25, 0.3) is 0 Å². The number of nitrogens with one attached hydrogen (secondary N) is 2. The van der Waals surface area contributed by atoms with Crippen LogP contribution < -0.4 is 15.5 Å². The van der Waals surface area contributed by atoms with Gasteiger partial charge in [0.2, 0.25) is 17.7 Å². The molecule has 2 aromatic rings. The smallest absolute Gasteiger partial charge is 0.250 e. The summed E-state index contributed by atoms with van der Waals surface area (Å²) in [5.74, 6) is -2.19. The minimum absolute atomic E-state index is 0.255. The van der Waals surface area contributed by atoms with E-state index in [-0.39, 0.29) is 24.3 Å². The molecule has 136 valence electrons. The van der Waals surface area contributed by atoms with Gasteiger partial charge in [-0.05, 0) is 37.3 Å². The van der Waals surface area contributed by atoms with Crippen molar-refractivity contribution in [2.24, 2.45) is 11.8 Å². The van der Waals surface area contributed by atoms with Crippen molar-refractivity contribution in [2.75, 3.05) is 16.8 Å². The zero-order chi connectivity index (χ0) is 18.9. The number of rotatable bonds is 1. The third-order valence-electron chi connectivity index (χ3n) is 5.80. The molecule has 2 saturated heterocycles. The van der Waals surface area contributed by atoms with Gasteiger partial charge in [0.1, 0.15) is 5.54 Å². The maximum atomic E-state index is 13.4. The molecular weight excluding hydrogens is 410 g/mol. The molecule has 27 heavy (non-hydrogen) atoms. The second kappa shape index (κ2) is 5.50. The van der Waals surface area contributed by atoms with Crippen LogP contribution in [0, 0.1) is 18.8 Å². The van der Waals surface area contributed by atoms with E-state index in [0.717, 1.165) is 10.0 Å². The van der Waals surface area contributed by atoms with E-state index < -0.39 is 17.4 Å². The van der Waals surface area contributed by atoms with E-state index in [4.69, 9.17) is 0 Å². The van der Waals surface area contributed by atoms with Gasteiger partial charge in [-0.1, -0.05) is 33.6 Å². The number of benzene rings is 2. The fraction of sp³-hybridized carbons (Fsp3) is 0.250. The Morgan fingerprint density at radius 1 is 1.07 bits per heavy atom. The molecule has 3 atom stereocenters. The van der Waals surface area contributed by atoms with Gasteiger partial charge in [0.15, 0.2) is 0 Å². The number of nitrogens with zero attached hydrogens (tertiary/aromatic N) is 1. The van der Waals surface area contributed by atoms with Crippen molar-refractivity contribution in [3.8, 4) is 0 Å². The zero-order valence-corrected chi connectivity index (χ0v) is 16.0. The maximum Gasteiger partial charge on any atom is 0.250 e. The van der Waals surface area contributed by atoms with Gasteiger partial charge < -0.3 is 5.32 Å². The van der Waals surface area contributed by atoms with Crippen LogP contribution in [0.5, 0.6) is 0 Å². The van der Waals surface area contributed by atoms with Gasteiger partial charge in [0.05, 0.1) is 17.5 Å². The van der Waals surface area contributed by atoms with Gasteiger partial charge in [-0.15, -0.1) is 0 Å². The van der Waals surface area contributed by atoms with Crippen molar-refractivity contribution in [1.82, 2.24) is 5.32 Å². The Morgan fingerprint density at radius 2 is 1.81 bits per heavy atom. The molecule has 0 aliphatic carbocycles. The minimum Gasteiger partial charge on any atom is -0.324 e. The van der Waals surface area contributed by atoms with Gasteiger partial charge >= 0.3 is 0 Å². The van der Waals surface area contributed by atoms with Crippen molar-refractivity contribution in [3.63, 3.8) is 0 Å². The lowest BCUT2D eigenvalue weighted by Crippen LogP contribution is -2.51. The molecule has 1 spiro atoms. The molecule has 2 fully saturated rings. The van der Waals surface area contributed by atoms with E-state index in [2.05, 4.69) is 26.6 Å². The quantitative estimate of drug-likeness (QED) is 0.687. The maximum absolute atomic E-state index is 13.4. The van der Waals surface area contributed by atoms with E-state index in [1.54, 1.807) is 18.2 Å². The van der Waals surface area contributed by atoms with Crippen LogP contribution in [0.1, 0.15) is 11.1 Å². The number of fused-ring (bicyclic) bond motifs is 4. The molecule has 2 N–H and O–H groups in total. The average Bonchev–Trinajstić information content (AvgIpc) is 3.25. The first kappa shape index (κ1) is 16.6. The van der Waals surface area contributed by atoms with E-state index in [1.807, 2.05) is 31.2 Å². The van der Waals surface area contributed by atoms with E-state index in [9.17, 15) is 14.4 Å². The molecule has 2 aromatic carbocycles. The van der Waals surface area contributed by atoms with Gasteiger partial charge in [-0.25, -0.2) is 4.90 Å². The molecule has 0 unspecified atom stereocenters. The fourth-order valence-corrected chi connectivity index (χ4v) is 4.89. The number of hydrogen-bond acceptors (Lipinski definition) is 4. The lowest BCUT2D eigenvalue weighted by Gasteiger charge is -2.28. The highest BCUT2D eigenvalue weighted by Gasteiger charge is 2.67. The highest BCUT2D eigenvalue weighted by Crippen LogP contribution is 2.51. The third-order valence-corrected chi connectivity index (χ3v) is 6.29. The molecule has 7 heteroatoms. The summed E-state index contributed by atoms with van der Waals surface area (Å²) in [7, 11) is 0. The summed E-state index contributed by atoms with van der Waals surface area (Å²) in [5.41, 5.74) is 1.76. The molecule has 3 aliphatic rings. The summed E-state index contributed by atoms with van der Waals surface area (Å²) >= 11 is 3.44. The Balaban J connectivity index is 1.63. The summed E-state index contributed by atoms with van der Waals surface area (Å²) in [6.07, 6.45) is 0. The summed E-state index contributed by atoms with van der Waals surface area (Å²) < 4.78 is 0.814. The number of halogens is 1. The summed E-state index contributed by atoms with van der Waals surface area (Å²) in [6.45, 7) is 2.24. The van der Waals surface area contributed by atoms with E-state index in [1.165, 1.54) is 4.90 Å². The minimum atomic E-state index is -1.21. The number of carbonyl (C=O) groups is 3. The molecule has 0 bridgehead atoms. The molecule has 3 heterocycles. The number of anilines is 2. The van der Waals surface area contributed by atoms with Crippen LogP contribution >= 0.6 is 15.9 Å². The Hall–Kier alpha value is -2.51. The lowest BCUT2D eigenvalue weighted by molar-refractivity contribution is -0.130. The fourth-order valence-electron chi connectivity index (χ4n) is 4.53. The molecule has 3 amide bonds. The zero-order valence-electron chi connectivity index (χ0n) is 14.5. The summed E-state index contributed by atoms with van der Waals surface area (Å²) in [5, 5.41) is 6.07. The highest BCUT2D eigenvalue weighted by atomic mass is 79.9. The second-order valence-corrected chi connectivity index (χ2v) is 8.18. The van der Waals surface area contributed by atoms with Gasteiger partial charge in [-0.2, -0.15) is 0 Å². The number of imide groups is 1. The summed E-state index contributed by atoms with van der Waals surface area (Å²) in [4.78, 5) is 40.6. The Bertz CT molecular complexity index is 1020. The van der Waals surface area contributed by atoms with Crippen molar-refractivity contribution >= 4 is 45.0 Å². The first-order valence-corrected chi connectivity index (χ1v) is 9.54. The van der Waals surface area contributed by atoms with E-state index >= 15 is 0 Å². The Labute approximate surface area is 164 Å². The van der Waals surface area contributed by atoms with Crippen LogP contribution in [0.15, 0.2) is 46.9 Å². The predicted octanol–water partition coefficient (Wildman–Crippen LogP) is 2.31. The molecule has 0 aromatic heterocycles. The number of amides is 3. The molecule has 6 nitrogen and oxygen atoms in total. The van der Waals surface area contributed by atoms with Gasteiger partial charge in [0, 0.05) is 22.3 Å². The Kier molecular flexibility index (Phi) is 3.39. The first-order valence-electron chi connectivity index (χ1n) is 8.74. The van der Waals surface area contributed by atoms with Gasteiger partial charge in [0.25, 0.3) is 0 Å². The molecular formula is C20H16BrN3O3. The molecule has 0 saturated carbocycles. The van der Waals surface area contributed by atoms with Crippen LogP contribution in [0.2, 0.25) is 0 Å². The van der Waals surface area contributed by atoms with Crippen molar-refractivity contribution in [3.05, 3.63) is 58.1 Å². The van der Waals surface area contributed by atoms with Crippen LogP contribution in [0.3, 0.4) is 0 Å². The largest absolute Gasteiger partial charge is 0.324 e.